The smallest absolute Gasteiger partial charge is 0.0870 e. The molecule has 2 saturated heterocycles. The molecule has 154 valence electrons. The second-order valence-electron chi connectivity index (χ2n) is 9.94. The van der Waals surface area contributed by atoms with Crippen LogP contribution in [0.3, 0.4) is 0 Å². The number of morpholine rings is 1. The molecule has 0 aromatic heterocycles. The Hall–Kier alpha value is -0.160. The van der Waals surface area contributed by atoms with Crippen molar-refractivity contribution >= 4 is 0 Å². The van der Waals surface area contributed by atoms with E-state index in [4.69, 9.17) is 4.74 Å². The normalized spacial score (nSPS) is 27.6. The van der Waals surface area contributed by atoms with Gasteiger partial charge in [0, 0.05) is 44.3 Å². The van der Waals surface area contributed by atoms with E-state index in [1.54, 1.807) is 0 Å². The maximum absolute atomic E-state index is 6.34. The molecule has 2 aliphatic heterocycles. The van der Waals surface area contributed by atoms with E-state index in [9.17, 15) is 0 Å². The van der Waals surface area contributed by atoms with Gasteiger partial charge in [0.1, 0.15) is 0 Å². The number of piperazine rings is 1. The molecule has 0 spiro atoms. The minimum atomic E-state index is 0.263. The van der Waals surface area contributed by atoms with E-state index in [1.807, 2.05) is 0 Å². The molecule has 0 amide bonds. The van der Waals surface area contributed by atoms with Gasteiger partial charge in [-0.25, -0.2) is 0 Å². The van der Waals surface area contributed by atoms with Crippen molar-refractivity contribution < 1.29 is 4.74 Å². The lowest BCUT2D eigenvalue weighted by Gasteiger charge is -2.50. The van der Waals surface area contributed by atoms with Gasteiger partial charge in [0.15, 0.2) is 0 Å². The summed E-state index contributed by atoms with van der Waals surface area (Å²) in [6, 6.07) is 0.540. The molecule has 2 rings (SSSR count). The summed E-state index contributed by atoms with van der Waals surface area (Å²) in [5.74, 6) is 1.52. The molecule has 26 heavy (non-hydrogen) atoms. The largest absolute Gasteiger partial charge is 0.374 e. The highest BCUT2D eigenvalue weighted by Gasteiger charge is 2.39. The lowest BCUT2D eigenvalue weighted by Crippen LogP contribution is -2.63. The summed E-state index contributed by atoms with van der Waals surface area (Å²) in [5.41, 5.74) is 0.263. The summed E-state index contributed by atoms with van der Waals surface area (Å²) in [6.45, 7) is 25.5. The molecule has 4 nitrogen and oxygen atoms in total. The van der Waals surface area contributed by atoms with Crippen molar-refractivity contribution in [2.45, 2.75) is 79.0 Å². The lowest BCUT2D eigenvalue weighted by molar-refractivity contribution is -0.111. The Morgan fingerprint density at radius 1 is 1.00 bits per heavy atom. The van der Waals surface area contributed by atoms with Crippen LogP contribution in [0.4, 0.5) is 0 Å². The molecule has 2 unspecified atom stereocenters. The van der Waals surface area contributed by atoms with Crippen molar-refractivity contribution in [1.82, 2.24) is 14.7 Å². The van der Waals surface area contributed by atoms with Crippen LogP contribution in [0.2, 0.25) is 0 Å². The molecule has 2 fully saturated rings. The molecule has 2 atom stereocenters. The van der Waals surface area contributed by atoms with E-state index in [0.717, 1.165) is 38.1 Å². The van der Waals surface area contributed by atoms with Crippen LogP contribution in [-0.4, -0.2) is 84.8 Å². The average molecular weight is 368 g/mol. The molecule has 2 aliphatic rings. The monoisotopic (exact) mass is 367 g/mol. The van der Waals surface area contributed by atoms with Gasteiger partial charge in [0.2, 0.25) is 0 Å². The van der Waals surface area contributed by atoms with Crippen molar-refractivity contribution in [3.63, 3.8) is 0 Å². The fourth-order valence-electron chi connectivity index (χ4n) is 4.88. The van der Waals surface area contributed by atoms with Gasteiger partial charge in [-0.2, -0.15) is 0 Å². The maximum atomic E-state index is 6.34. The first-order valence-electron chi connectivity index (χ1n) is 11.1. The summed E-state index contributed by atoms with van der Waals surface area (Å²) in [6.07, 6.45) is 2.90. The van der Waals surface area contributed by atoms with Crippen LogP contribution in [-0.2, 0) is 4.74 Å². The topological polar surface area (TPSA) is 19.0 Å². The van der Waals surface area contributed by atoms with Crippen molar-refractivity contribution in [3.05, 3.63) is 0 Å². The van der Waals surface area contributed by atoms with Crippen LogP contribution in [0.1, 0.15) is 61.3 Å². The Labute approximate surface area is 163 Å². The molecule has 2 heterocycles. The van der Waals surface area contributed by atoms with Crippen molar-refractivity contribution in [2.75, 3.05) is 52.4 Å². The van der Waals surface area contributed by atoms with Crippen LogP contribution in [0.15, 0.2) is 0 Å². The third-order valence-electron chi connectivity index (χ3n) is 6.33. The van der Waals surface area contributed by atoms with Crippen LogP contribution < -0.4 is 0 Å². The van der Waals surface area contributed by atoms with Crippen molar-refractivity contribution in [2.24, 2.45) is 11.8 Å². The third-order valence-corrected chi connectivity index (χ3v) is 6.33. The standard InChI is InChI=1S/C22H45N3O/c1-8-24-12-11-23(10-9-18(2)3)16-20(24)21-17-25(13-14-26-21)22(6,7)15-19(4)5/h18-21H,8-17H2,1-7H3. The number of hydrogen-bond acceptors (Lipinski definition) is 4. The van der Waals surface area contributed by atoms with E-state index in [2.05, 4.69) is 63.2 Å². The average Bonchev–Trinajstić information content (AvgIpc) is 2.58. The molecular weight excluding hydrogens is 322 g/mol. The quantitative estimate of drug-likeness (QED) is 0.653. The first-order valence-corrected chi connectivity index (χ1v) is 11.1. The predicted molar refractivity (Wildman–Crippen MR) is 112 cm³/mol. The highest BCUT2D eigenvalue weighted by Crippen LogP contribution is 2.28. The number of likely N-dealkylation sites (N-methyl/N-ethyl adjacent to an activating group) is 1. The summed E-state index contributed by atoms with van der Waals surface area (Å²) in [4.78, 5) is 8.04. The molecule has 4 heteroatoms. The number of hydrogen-bond donors (Lipinski definition) is 0. The van der Waals surface area contributed by atoms with Crippen molar-refractivity contribution in [3.8, 4) is 0 Å². The van der Waals surface area contributed by atoms with Gasteiger partial charge in [-0.3, -0.25) is 9.80 Å². The van der Waals surface area contributed by atoms with Gasteiger partial charge in [0.05, 0.1) is 12.7 Å². The van der Waals surface area contributed by atoms with Crippen LogP contribution in [0, 0.1) is 11.8 Å². The van der Waals surface area contributed by atoms with Crippen LogP contribution in [0.25, 0.3) is 0 Å². The van der Waals surface area contributed by atoms with Gasteiger partial charge < -0.3 is 9.64 Å². The lowest BCUT2D eigenvalue weighted by atomic mass is 9.89. The SMILES string of the molecule is CCN1CCN(CCC(C)C)CC1C1CN(C(C)(C)CC(C)C)CCO1. The maximum Gasteiger partial charge on any atom is 0.0870 e. The number of rotatable bonds is 8. The van der Waals surface area contributed by atoms with E-state index in [-0.39, 0.29) is 5.54 Å². The minimum Gasteiger partial charge on any atom is -0.374 e. The molecule has 0 saturated carbocycles. The second-order valence-corrected chi connectivity index (χ2v) is 9.94. The molecule has 0 aliphatic carbocycles. The predicted octanol–water partition coefficient (Wildman–Crippen LogP) is 3.56. The van der Waals surface area contributed by atoms with Gasteiger partial charge in [-0.1, -0.05) is 34.6 Å². The zero-order valence-electron chi connectivity index (χ0n) is 18.6. The van der Waals surface area contributed by atoms with Gasteiger partial charge in [-0.15, -0.1) is 0 Å². The summed E-state index contributed by atoms with van der Waals surface area (Å²) < 4.78 is 6.34. The number of ether oxygens (including phenoxy) is 1. The fraction of sp³-hybridized carbons (Fsp3) is 1.00. The zero-order valence-corrected chi connectivity index (χ0v) is 18.6. The van der Waals surface area contributed by atoms with Crippen molar-refractivity contribution in [1.29, 1.82) is 0 Å². The fourth-order valence-corrected chi connectivity index (χ4v) is 4.88. The molecule has 0 N–H and O–H groups in total. The number of nitrogens with zero attached hydrogens (tertiary/aromatic N) is 3. The Morgan fingerprint density at radius 3 is 2.35 bits per heavy atom. The first-order chi connectivity index (χ1) is 12.2. The highest BCUT2D eigenvalue weighted by atomic mass is 16.5. The van der Waals surface area contributed by atoms with Gasteiger partial charge in [0.25, 0.3) is 0 Å². The molecule has 0 radical (unpaired) electrons. The second kappa shape index (κ2) is 9.86. The first kappa shape index (κ1) is 22.1. The minimum absolute atomic E-state index is 0.263. The summed E-state index contributed by atoms with van der Waals surface area (Å²) >= 11 is 0. The van der Waals surface area contributed by atoms with Crippen LogP contribution in [0.5, 0.6) is 0 Å². The molecule has 0 bridgehead atoms. The molecular formula is C22H45N3O. The Morgan fingerprint density at radius 2 is 1.73 bits per heavy atom. The van der Waals surface area contributed by atoms with Gasteiger partial charge >= 0.3 is 0 Å². The Kier molecular flexibility index (Phi) is 8.39. The van der Waals surface area contributed by atoms with E-state index in [1.165, 1.54) is 39.0 Å². The van der Waals surface area contributed by atoms with E-state index in [0.29, 0.717) is 12.1 Å². The van der Waals surface area contributed by atoms with E-state index >= 15 is 0 Å². The van der Waals surface area contributed by atoms with Crippen LogP contribution >= 0.6 is 0 Å². The zero-order chi connectivity index (χ0) is 19.3. The Balaban J connectivity index is 2.00. The summed E-state index contributed by atoms with van der Waals surface area (Å²) in [5, 5.41) is 0. The van der Waals surface area contributed by atoms with Gasteiger partial charge in [-0.05, 0) is 51.6 Å². The van der Waals surface area contributed by atoms with E-state index < -0.39 is 0 Å². The Bertz CT molecular complexity index is 410. The summed E-state index contributed by atoms with van der Waals surface area (Å²) in [7, 11) is 0. The highest BCUT2D eigenvalue weighted by molar-refractivity contribution is 4.94. The third kappa shape index (κ3) is 6.19. The molecule has 0 aromatic carbocycles. The molecule has 0 aromatic rings.